The number of hydrogen-bond acceptors (Lipinski definition) is 4. The predicted octanol–water partition coefficient (Wildman–Crippen LogP) is 3.20. The molecule has 6 nitrogen and oxygen atoms in total. The van der Waals surface area contributed by atoms with Crippen LogP contribution in [0.3, 0.4) is 0 Å². The number of rotatable bonds is 9. The number of guanidine groups is 1. The van der Waals surface area contributed by atoms with Gasteiger partial charge in [0.1, 0.15) is 0 Å². The van der Waals surface area contributed by atoms with Crippen LogP contribution in [0.15, 0.2) is 15.6 Å². The third-order valence-corrected chi connectivity index (χ3v) is 4.27. The number of aliphatic imine (C=N–C) groups is 1. The molecule has 24 heavy (non-hydrogen) atoms. The van der Waals surface area contributed by atoms with Crippen molar-refractivity contribution in [2.45, 2.75) is 59.0 Å². The minimum atomic E-state index is 0. The molecule has 0 fully saturated rings. The second kappa shape index (κ2) is 12.5. The Morgan fingerprint density at radius 3 is 2.50 bits per heavy atom. The van der Waals surface area contributed by atoms with E-state index < -0.39 is 0 Å². The molecule has 0 unspecified atom stereocenters. The van der Waals surface area contributed by atoms with Crippen LogP contribution in [-0.4, -0.2) is 49.2 Å². The first-order chi connectivity index (χ1) is 11.0. The Kier molecular flexibility index (Phi) is 12.1. The van der Waals surface area contributed by atoms with Gasteiger partial charge in [-0.1, -0.05) is 19.0 Å². The summed E-state index contributed by atoms with van der Waals surface area (Å²) in [6, 6.07) is 2.59. The SMILES string of the molecule is CCC(CC)c1cc(CNC(=NC)NCCN(C)C(C)C)on1.I. The quantitative estimate of drug-likeness (QED) is 0.343. The lowest BCUT2D eigenvalue weighted by Gasteiger charge is -2.21. The van der Waals surface area contributed by atoms with Crippen LogP contribution in [0.4, 0.5) is 0 Å². The molecule has 0 aliphatic heterocycles. The summed E-state index contributed by atoms with van der Waals surface area (Å²) < 4.78 is 5.41. The van der Waals surface area contributed by atoms with E-state index in [9.17, 15) is 0 Å². The highest BCUT2D eigenvalue weighted by atomic mass is 127. The number of aromatic nitrogens is 1. The summed E-state index contributed by atoms with van der Waals surface area (Å²) in [5.41, 5.74) is 1.05. The molecule has 1 rings (SSSR count). The van der Waals surface area contributed by atoms with E-state index in [2.05, 4.69) is 60.4 Å². The van der Waals surface area contributed by atoms with Gasteiger partial charge in [-0.15, -0.1) is 24.0 Å². The van der Waals surface area contributed by atoms with Gasteiger partial charge < -0.3 is 20.1 Å². The van der Waals surface area contributed by atoms with Crippen LogP contribution in [0, 0.1) is 0 Å². The maximum atomic E-state index is 5.41. The van der Waals surface area contributed by atoms with Crippen molar-refractivity contribution in [1.29, 1.82) is 0 Å². The second-order valence-corrected chi connectivity index (χ2v) is 6.16. The smallest absolute Gasteiger partial charge is 0.191 e. The average Bonchev–Trinajstić information content (AvgIpc) is 3.00. The maximum absolute atomic E-state index is 5.41. The highest BCUT2D eigenvalue weighted by Gasteiger charge is 2.13. The Balaban J connectivity index is 0.00000529. The molecule has 0 radical (unpaired) electrons. The lowest BCUT2D eigenvalue weighted by molar-refractivity contribution is 0.278. The van der Waals surface area contributed by atoms with Gasteiger partial charge in [0.25, 0.3) is 0 Å². The molecule has 1 aromatic heterocycles. The summed E-state index contributed by atoms with van der Waals surface area (Å²) in [4.78, 5) is 6.52. The number of nitrogens with zero attached hydrogens (tertiary/aromatic N) is 3. The number of nitrogens with one attached hydrogen (secondary N) is 2. The number of likely N-dealkylation sites (N-methyl/N-ethyl adjacent to an activating group) is 1. The summed E-state index contributed by atoms with van der Waals surface area (Å²) in [5.74, 6) is 2.10. The summed E-state index contributed by atoms with van der Waals surface area (Å²) >= 11 is 0. The zero-order valence-corrected chi connectivity index (χ0v) is 18.3. The molecular formula is C17H34IN5O. The van der Waals surface area contributed by atoms with Crippen molar-refractivity contribution in [3.05, 3.63) is 17.5 Å². The monoisotopic (exact) mass is 451 g/mol. The fourth-order valence-electron chi connectivity index (χ4n) is 2.31. The Morgan fingerprint density at radius 1 is 1.29 bits per heavy atom. The molecule has 0 bridgehead atoms. The first-order valence-corrected chi connectivity index (χ1v) is 8.61. The summed E-state index contributed by atoms with van der Waals surface area (Å²) in [6.45, 7) is 11.2. The van der Waals surface area contributed by atoms with E-state index in [1.54, 1.807) is 7.05 Å². The predicted molar refractivity (Wildman–Crippen MR) is 111 cm³/mol. The molecule has 0 saturated carbocycles. The van der Waals surface area contributed by atoms with Gasteiger partial charge in [0, 0.05) is 38.2 Å². The van der Waals surface area contributed by atoms with Crippen molar-refractivity contribution < 1.29 is 4.52 Å². The van der Waals surface area contributed by atoms with Crippen molar-refractivity contribution in [3.8, 4) is 0 Å². The van der Waals surface area contributed by atoms with Crippen LogP contribution in [0.2, 0.25) is 0 Å². The van der Waals surface area contributed by atoms with E-state index in [0.717, 1.165) is 43.3 Å². The van der Waals surface area contributed by atoms with E-state index in [1.165, 1.54) is 0 Å². The zero-order valence-electron chi connectivity index (χ0n) is 15.9. The van der Waals surface area contributed by atoms with Crippen LogP contribution in [-0.2, 0) is 6.54 Å². The number of halogens is 1. The molecule has 0 aliphatic rings. The second-order valence-electron chi connectivity index (χ2n) is 6.16. The van der Waals surface area contributed by atoms with E-state index >= 15 is 0 Å². The number of hydrogen-bond donors (Lipinski definition) is 2. The Labute approximate surface area is 163 Å². The molecule has 140 valence electrons. The molecule has 0 amide bonds. The minimum Gasteiger partial charge on any atom is -0.359 e. The highest BCUT2D eigenvalue weighted by molar-refractivity contribution is 14.0. The van der Waals surface area contributed by atoms with E-state index in [0.29, 0.717) is 18.5 Å². The minimum absolute atomic E-state index is 0. The first kappa shape index (κ1) is 23.2. The third kappa shape index (κ3) is 7.83. The van der Waals surface area contributed by atoms with Crippen molar-refractivity contribution in [2.24, 2.45) is 4.99 Å². The topological polar surface area (TPSA) is 65.7 Å². The highest BCUT2D eigenvalue weighted by Crippen LogP contribution is 2.22. The van der Waals surface area contributed by atoms with Gasteiger partial charge >= 0.3 is 0 Å². The van der Waals surface area contributed by atoms with Crippen LogP contribution < -0.4 is 10.6 Å². The average molecular weight is 451 g/mol. The van der Waals surface area contributed by atoms with Crippen molar-refractivity contribution in [1.82, 2.24) is 20.7 Å². The summed E-state index contributed by atoms with van der Waals surface area (Å²) in [7, 11) is 3.90. The van der Waals surface area contributed by atoms with Gasteiger partial charge in [0.05, 0.1) is 12.2 Å². The lowest BCUT2D eigenvalue weighted by Crippen LogP contribution is -2.41. The lowest BCUT2D eigenvalue weighted by atomic mass is 9.99. The van der Waals surface area contributed by atoms with Crippen molar-refractivity contribution in [3.63, 3.8) is 0 Å². The molecule has 0 atom stereocenters. The fourth-order valence-corrected chi connectivity index (χ4v) is 2.31. The summed E-state index contributed by atoms with van der Waals surface area (Å²) in [5, 5.41) is 10.8. The molecule has 0 aliphatic carbocycles. The van der Waals surface area contributed by atoms with Gasteiger partial charge in [-0.25, -0.2) is 0 Å². The Hall–Kier alpha value is -0.830. The molecular weight excluding hydrogens is 417 g/mol. The maximum Gasteiger partial charge on any atom is 0.191 e. The van der Waals surface area contributed by atoms with Gasteiger partial charge in [-0.2, -0.15) is 0 Å². The molecule has 0 aromatic carbocycles. The van der Waals surface area contributed by atoms with Crippen LogP contribution in [0.25, 0.3) is 0 Å². The zero-order chi connectivity index (χ0) is 17.2. The fraction of sp³-hybridized carbons (Fsp3) is 0.765. The van der Waals surface area contributed by atoms with Crippen molar-refractivity contribution >= 4 is 29.9 Å². The summed E-state index contributed by atoms with van der Waals surface area (Å²) in [6.07, 6.45) is 2.17. The van der Waals surface area contributed by atoms with Crippen LogP contribution >= 0.6 is 24.0 Å². The van der Waals surface area contributed by atoms with Crippen molar-refractivity contribution in [2.75, 3.05) is 27.2 Å². The molecule has 0 saturated heterocycles. The van der Waals surface area contributed by atoms with Gasteiger partial charge in [-0.05, 0) is 33.7 Å². The third-order valence-electron chi connectivity index (χ3n) is 4.27. The van der Waals surface area contributed by atoms with E-state index in [1.807, 2.05) is 6.07 Å². The van der Waals surface area contributed by atoms with Gasteiger partial charge in [0.15, 0.2) is 11.7 Å². The van der Waals surface area contributed by atoms with Gasteiger partial charge in [-0.3, -0.25) is 4.99 Å². The molecule has 1 aromatic rings. The van der Waals surface area contributed by atoms with Crippen LogP contribution in [0.5, 0.6) is 0 Å². The van der Waals surface area contributed by atoms with E-state index in [-0.39, 0.29) is 24.0 Å². The Bertz CT molecular complexity index is 471. The van der Waals surface area contributed by atoms with Crippen LogP contribution in [0.1, 0.15) is 57.9 Å². The van der Waals surface area contributed by atoms with E-state index in [4.69, 9.17) is 4.52 Å². The first-order valence-electron chi connectivity index (χ1n) is 8.61. The largest absolute Gasteiger partial charge is 0.359 e. The van der Waals surface area contributed by atoms with Gasteiger partial charge in [0.2, 0.25) is 0 Å². The Morgan fingerprint density at radius 2 is 1.96 bits per heavy atom. The molecule has 7 heteroatoms. The molecule has 1 heterocycles. The molecule has 2 N–H and O–H groups in total. The molecule has 0 spiro atoms. The standard InChI is InChI=1S/C17H33N5O.HI/c1-7-14(8-2)16-11-15(23-21-16)12-20-17(18-5)19-9-10-22(6)13(3)4;/h11,13-14H,7-10,12H2,1-6H3,(H2,18,19,20);1H. The normalized spacial score (nSPS) is 12.0.